The number of carbonyl (C=O) groups excluding carboxylic acids is 1. The summed E-state index contributed by atoms with van der Waals surface area (Å²) in [5.41, 5.74) is 8.58. The number of rotatable bonds is 5. The number of pyridine rings is 1. The Hall–Kier alpha value is -3.68. The first-order chi connectivity index (χ1) is 13.9. The van der Waals surface area contributed by atoms with E-state index in [4.69, 9.17) is 5.73 Å². The van der Waals surface area contributed by atoms with Crippen molar-refractivity contribution in [3.05, 3.63) is 76.6 Å². The maximum absolute atomic E-state index is 13.4. The van der Waals surface area contributed by atoms with Crippen LogP contribution < -0.4 is 5.73 Å². The Morgan fingerprint density at radius 2 is 1.83 bits per heavy atom. The first-order valence-corrected chi connectivity index (χ1v) is 9.55. The van der Waals surface area contributed by atoms with Gasteiger partial charge in [0.05, 0.1) is 11.3 Å². The molecule has 0 bridgehead atoms. The summed E-state index contributed by atoms with van der Waals surface area (Å²) in [6.45, 7) is 1.93. The molecule has 3 aromatic rings. The monoisotopic (exact) mass is 402 g/mol. The Balaban J connectivity index is 2.02. The predicted molar refractivity (Wildman–Crippen MR) is 110 cm³/mol. The summed E-state index contributed by atoms with van der Waals surface area (Å²) in [5, 5.41) is 19.6. The number of ketones is 1. The van der Waals surface area contributed by atoms with Gasteiger partial charge in [0.15, 0.2) is 5.78 Å². The van der Waals surface area contributed by atoms with Crippen molar-refractivity contribution in [1.29, 1.82) is 10.5 Å². The lowest BCUT2D eigenvalue weighted by Crippen LogP contribution is -2.06. The Labute approximate surface area is 171 Å². The van der Waals surface area contributed by atoms with Crippen molar-refractivity contribution in [2.75, 3.05) is 11.5 Å². The number of aryl methyl sites for hydroxylation is 1. The minimum Gasteiger partial charge on any atom is -0.383 e. The van der Waals surface area contributed by atoms with E-state index in [1.165, 1.54) is 18.2 Å². The fourth-order valence-electron chi connectivity index (χ4n) is 2.79. The molecule has 1 aromatic heterocycles. The van der Waals surface area contributed by atoms with E-state index in [0.29, 0.717) is 11.1 Å². The largest absolute Gasteiger partial charge is 0.383 e. The highest BCUT2D eigenvalue weighted by atomic mass is 32.2. The average Bonchev–Trinajstić information content (AvgIpc) is 2.72. The van der Waals surface area contributed by atoms with Gasteiger partial charge in [-0.05, 0) is 24.6 Å². The second-order valence-corrected chi connectivity index (χ2v) is 7.20. The van der Waals surface area contributed by atoms with Crippen LogP contribution in [-0.2, 0) is 0 Å². The Morgan fingerprint density at radius 3 is 2.45 bits per heavy atom. The average molecular weight is 402 g/mol. The van der Waals surface area contributed by atoms with Crippen molar-refractivity contribution >= 4 is 23.4 Å². The van der Waals surface area contributed by atoms with Crippen LogP contribution >= 0.6 is 11.8 Å². The Morgan fingerprint density at radius 1 is 1.14 bits per heavy atom. The van der Waals surface area contributed by atoms with Gasteiger partial charge in [-0.25, -0.2) is 9.37 Å². The molecule has 0 amide bonds. The maximum Gasteiger partial charge on any atom is 0.173 e. The number of hydrogen-bond acceptors (Lipinski definition) is 6. The number of nitrogens with two attached hydrogens (primary N) is 1. The molecule has 0 radical (unpaired) electrons. The molecule has 3 rings (SSSR count). The summed E-state index contributed by atoms with van der Waals surface area (Å²) in [4.78, 5) is 16.6. The third-order valence-electron chi connectivity index (χ3n) is 4.24. The minimum atomic E-state index is -0.499. The molecule has 0 saturated carbocycles. The van der Waals surface area contributed by atoms with Crippen LogP contribution in [0.2, 0.25) is 0 Å². The van der Waals surface area contributed by atoms with Gasteiger partial charge in [0.2, 0.25) is 0 Å². The number of benzene rings is 2. The molecule has 0 aliphatic heterocycles. The quantitative estimate of drug-likeness (QED) is 0.498. The van der Waals surface area contributed by atoms with Crippen molar-refractivity contribution in [2.24, 2.45) is 0 Å². The molecule has 29 heavy (non-hydrogen) atoms. The number of thioether (sulfide) groups is 1. The van der Waals surface area contributed by atoms with Gasteiger partial charge in [0.25, 0.3) is 0 Å². The maximum atomic E-state index is 13.4. The van der Waals surface area contributed by atoms with Crippen molar-refractivity contribution in [2.45, 2.75) is 11.9 Å². The molecule has 0 aliphatic carbocycles. The molecule has 2 N–H and O–H groups in total. The number of aromatic nitrogens is 1. The van der Waals surface area contributed by atoms with Crippen LogP contribution in [0.5, 0.6) is 0 Å². The van der Waals surface area contributed by atoms with Crippen molar-refractivity contribution < 1.29 is 9.18 Å². The SMILES string of the molecule is Cc1ccc(-c2c(C#N)c(N)nc(SCC(=O)c3cccc(F)c3)c2C#N)cc1. The normalized spacial score (nSPS) is 10.2. The van der Waals surface area contributed by atoms with Gasteiger partial charge in [0, 0.05) is 11.1 Å². The molecule has 0 atom stereocenters. The zero-order valence-electron chi connectivity index (χ0n) is 15.4. The van der Waals surface area contributed by atoms with E-state index in [9.17, 15) is 19.7 Å². The molecule has 0 fully saturated rings. The van der Waals surface area contributed by atoms with Gasteiger partial charge in [-0.2, -0.15) is 10.5 Å². The van der Waals surface area contributed by atoms with E-state index in [1.54, 1.807) is 12.1 Å². The number of nitrogens with zero attached hydrogens (tertiary/aromatic N) is 3. The molecule has 0 spiro atoms. The zero-order chi connectivity index (χ0) is 21.0. The van der Waals surface area contributed by atoms with Crippen LogP contribution in [0.4, 0.5) is 10.2 Å². The van der Waals surface area contributed by atoms with E-state index < -0.39 is 5.82 Å². The molecular formula is C22H15FN4OS. The number of carbonyl (C=O) groups is 1. The summed E-state index contributed by atoms with van der Waals surface area (Å²) in [5.74, 6) is -0.868. The summed E-state index contributed by atoms with van der Waals surface area (Å²) in [6.07, 6.45) is 0. The summed E-state index contributed by atoms with van der Waals surface area (Å²) in [6, 6.07) is 16.9. The number of hydrogen-bond donors (Lipinski definition) is 1. The Kier molecular flexibility index (Phi) is 5.92. The fraction of sp³-hybridized carbons (Fsp3) is 0.0909. The molecule has 0 unspecified atom stereocenters. The lowest BCUT2D eigenvalue weighted by molar-refractivity contribution is 0.102. The highest BCUT2D eigenvalue weighted by molar-refractivity contribution is 8.00. The molecule has 1 heterocycles. The number of halogens is 1. The third-order valence-corrected chi connectivity index (χ3v) is 5.22. The molecule has 5 nitrogen and oxygen atoms in total. The lowest BCUT2D eigenvalue weighted by Gasteiger charge is -2.13. The highest BCUT2D eigenvalue weighted by Crippen LogP contribution is 2.35. The van der Waals surface area contributed by atoms with Gasteiger partial charge in [-0.1, -0.05) is 53.7 Å². The van der Waals surface area contributed by atoms with E-state index in [0.717, 1.165) is 23.4 Å². The zero-order valence-corrected chi connectivity index (χ0v) is 16.3. The van der Waals surface area contributed by atoms with Crippen molar-refractivity contribution in [3.63, 3.8) is 0 Å². The van der Waals surface area contributed by atoms with E-state index in [-0.39, 0.29) is 39.1 Å². The fourth-order valence-corrected chi connectivity index (χ4v) is 3.68. The number of nitriles is 2. The Bertz CT molecular complexity index is 1180. The number of anilines is 1. The smallest absolute Gasteiger partial charge is 0.173 e. The van der Waals surface area contributed by atoms with Crippen molar-refractivity contribution in [3.8, 4) is 23.3 Å². The van der Waals surface area contributed by atoms with E-state index >= 15 is 0 Å². The third kappa shape index (κ3) is 4.26. The number of Topliss-reactive ketones (excluding diaryl/α,β-unsaturated/α-hetero) is 1. The summed E-state index contributed by atoms with van der Waals surface area (Å²) in [7, 11) is 0. The molecule has 2 aromatic carbocycles. The second-order valence-electron chi connectivity index (χ2n) is 6.24. The van der Waals surface area contributed by atoms with Crippen LogP contribution in [0.1, 0.15) is 27.0 Å². The van der Waals surface area contributed by atoms with Gasteiger partial charge < -0.3 is 5.73 Å². The lowest BCUT2D eigenvalue weighted by atomic mass is 9.96. The molecular weight excluding hydrogens is 387 g/mol. The first-order valence-electron chi connectivity index (χ1n) is 8.57. The van der Waals surface area contributed by atoms with Crippen LogP contribution in [-0.4, -0.2) is 16.5 Å². The summed E-state index contributed by atoms with van der Waals surface area (Å²) >= 11 is 1.03. The van der Waals surface area contributed by atoms with Crippen LogP contribution in [0.25, 0.3) is 11.1 Å². The standard InChI is InChI=1S/C22H15FN4OS/c1-13-5-7-14(8-6-13)20-17(10-24)21(26)27-22(18(20)11-25)29-12-19(28)15-3-2-4-16(23)9-15/h2-9H,12H2,1H3,(H2,26,27). The molecule has 0 aliphatic rings. The van der Waals surface area contributed by atoms with Gasteiger partial charge in [-0.15, -0.1) is 0 Å². The minimum absolute atomic E-state index is 0.0113. The van der Waals surface area contributed by atoms with Gasteiger partial charge in [0.1, 0.15) is 34.4 Å². The van der Waals surface area contributed by atoms with E-state index in [1.807, 2.05) is 25.1 Å². The van der Waals surface area contributed by atoms with Crippen molar-refractivity contribution in [1.82, 2.24) is 4.98 Å². The topological polar surface area (TPSA) is 104 Å². The molecule has 142 valence electrons. The molecule has 7 heteroatoms. The highest BCUT2D eigenvalue weighted by Gasteiger charge is 2.21. The first kappa shape index (κ1) is 20.1. The molecule has 0 saturated heterocycles. The van der Waals surface area contributed by atoms with Crippen LogP contribution in [0, 0.1) is 35.4 Å². The van der Waals surface area contributed by atoms with Crippen LogP contribution in [0.3, 0.4) is 0 Å². The summed E-state index contributed by atoms with van der Waals surface area (Å²) < 4.78 is 13.4. The van der Waals surface area contributed by atoms with Crippen LogP contribution in [0.15, 0.2) is 53.6 Å². The van der Waals surface area contributed by atoms with Gasteiger partial charge >= 0.3 is 0 Å². The number of nitrogen functional groups attached to an aromatic ring is 1. The second kappa shape index (κ2) is 8.55. The van der Waals surface area contributed by atoms with Gasteiger partial charge in [-0.3, -0.25) is 4.79 Å². The van der Waals surface area contributed by atoms with E-state index in [2.05, 4.69) is 11.1 Å². The predicted octanol–water partition coefficient (Wildman–Crippen LogP) is 4.50.